The summed E-state index contributed by atoms with van der Waals surface area (Å²) in [5, 5.41) is 0. The first-order valence-electron chi connectivity index (χ1n) is 6.33. The van der Waals surface area contributed by atoms with Crippen LogP contribution in [0.25, 0.3) is 0 Å². The maximum Gasteiger partial charge on any atom is 0.0931 e. The molecule has 2 nitrogen and oxygen atoms in total. The van der Waals surface area contributed by atoms with Gasteiger partial charge in [-0.25, -0.2) is 0 Å². The molecular formula is C13H21ClN2S. The van der Waals surface area contributed by atoms with Gasteiger partial charge in [-0.15, -0.1) is 11.3 Å². The van der Waals surface area contributed by atoms with Crippen LogP contribution in [0, 0.1) is 5.92 Å². The Morgan fingerprint density at radius 1 is 1.53 bits per heavy atom. The van der Waals surface area contributed by atoms with E-state index in [-0.39, 0.29) is 0 Å². The first kappa shape index (κ1) is 13.3. The van der Waals surface area contributed by atoms with E-state index in [2.05, 4.69) is 24.8 Å². The van der Waals surface area contributed by atoms with E-state index in [0.29, 0.717) is 18.0 Å². The van der Waals surface area contributed by atoms with Crippen molar-refractivity contribution in [1.82, 2.24) is 4.90 Å². The summed E-state index contributed by atoms with van der Waals surface area (Å²) in [4.78, 5) is 3.93. The second-order valence-electron chi connectivity index (χ2n) is 5.04. The van der Waals surface area contributed by atoms with Crippen molar-refractivity contribution in [3.05, 3.63) is 21.3 Å². The van der Waals surface area contributed by atoms with Crippen LogP contribution >= 0.6 is 22.9 Å². The van der Waals surface area contributed by atoms with Crippen molar-refractivity contribution in [3.63, 3.8) is 0 Å². The Labute approximate surface area is 113 Å². The standard InChI is InChI=1S/C13H21ClN2S/c1-9-3-4-11(7-15)8-16(9)10(2)12-5-6-13(14)17-12/h5-6,9-11H,3-4,7-8,15H2,1-2H3. The molecule has 0 saturated carbocycles. The van der Waals surface area contributed by atoms with Crippen LogP contribution in [0.5, 0.6) is 0 Å². The van der Waals surface area contributed by atoms with Crippen LogP contribution in [0.4, 0.5) is 0 Å². The molecule has 3 atom stereocenters. The Morgan fingerprint density at radius 2 is 2.29 bits per heavy atom. The normalized spacial score (nSPS) is 28.2. The van der Waals surface area contributed by atoms with Gasteiger partial charge in [0, 0.05) is 23.5 Å². The lowest BCUT2D eigenvalue weighted by molar-refractivity contribution is 0.0827. The number of likely N-dealkylation sites (tertiary alicyclic amines) is 1. The predicted molar refractivity (Wildman–Crippen MR) is 75.7 cm³/mol. The van der Waals surface area contributed by atoms with Gasteiger partial charge in [0.25, 0.3) is 0 Å². The van der Waals surface area contributed by atoms with Crippen LogP contribution < -0.4 is 5.73 Å². The number of piperidine rings is 1. The maximum absolute atomic E-state index is 6.02. The second kappa shape index (κ2) is 5.70. The van der Waals surface area contributed by atoms with Crippen molar-refractivity contribution in [2.45, 2.75) is 38.8 Å². The maximum atomic E-state index is 6.02. The van der Waals surface area contributed by atoms with Gasteiger partial charge in [-0.05, 0) is 51.3 Å². The zero-order valence-corrected chi connectivity index (χ0v) is 12.1. The fourth-order valence-electron chi connectivity index (χ4n) is 2.66. The Morgan fingerprint density at radius 3 is 2.88 bits per heavy atom. The van der Waals surface area contributed by atoms with E-state index < -0.39 is 0 Å². The zero-order chi connectivity index (χ0) is 12.4. The second-order valence-corrected chi connectivity index (χ2v) is 6.79. The van der Waals surface area contributed by atoms with Crippen molar-refractivity contribution < 1.29 is 0 Å². The molecule has 1 aromatic rings. The molecule has 0 aliphatic carbocycles. The number of nitrogens with two attached hydrogens (primary N) is 1. The van der Waals surface area contributed by atoms with E-state index in [1.807, 2.05) is 6.07 Å². The topological polar surface area (TPSA) is 29.3 Å². The molecule has 1 aliphatic heterocycles. The van der Waals surface area contributed by atoms with Gasteiger partial charge in [-0.2, -0.15) is 0 Å². The third-order valence-electron chi connectivity index (χ3n) is 3.86. The molecule has 0 spiro atoms. The molecule has 0 aromatic carbocycles. The fraction of sp³-hybridized carbons (Fsp3) is 0.692. The number of halogens is 1. The Bertz CT molecular complexity index is 366. The minimum absolute atomic E-state index is 0.455. The van der Waals surface area contributed by atoms with Crippen LogP contribution in [0.3, 0.4) is 0 Å². The van der Waals surface area contributed by atoms with E-state index in [0.717, 1.165) is 17.4 Å². The number of hydrogen-bond donors (Lipinski definition) is 1. The quantitative estimate of drug-likeness (QED) is 0.912. The highest BCUT2D eigenvalue weighted by Gasteiger charge is 2.29. The summed E-state index contributed by atoms with van der Waals surface area (Å²) in [6.07, 6.45) is 2.53. The van der Waals surface area contributed by atoms with Crippen molar-refractivity contribution in [3.8, 4) is 0 Å². The molecule has 3 unspecified atom stereocenters. The SMILES string of the molecule is CC1CCC(CN)CN1C(C)c1ccc(Cl)s1. The molecule has 0 amide bonds. The highest BCUT2D eigenvalue weighted by Crippen LogP contribution is 2.34. The minimum Gasteiger partial charge on any atom is -0.330 e. The van der Waals surface area contributed by atoms with Gasteiger partial charge in [0.1, 0.15) is 0 Å². The lowest BCUT2D eigenvalue weighted by Gasteiger charge is -2.41. The van der Waals surface area contributed by atoms with Crippen LogP contribution in [0.2, 0.25) is 4.34 Å². The highest BCUT2D eigenvalue weighted by atomic mass is 35.5. The van der Waals surface area contributed by atoms with Gasteiger partial charge in [-0.1, -0.05) is 11.6 Å². The van der Waals surface area contributed by atoms with Gasteiger partial charge in [0.05, 0.1) is 4.34 Å². The smallest absolute Gasteiger partial charge is 0.0931 e. The lowest BCUT2D eigenvalue weighted by atomic mass is 9.92. The van der Waals surface area contributed by atoms with Crippen molar-refractivity contribution in [2.75, 3.05) is 13.1 Å². The van der Waals surface area contributed by atoms with Crippen molar-refractivity contribution >= 4 is 22.9 Å². The van der Waals surface area contributed by atoms with E-state index >= 15 is 0 Å². The Kier molecular flexibility index (Phi) is 4.47. The summed E-state index contributed by atoms with van der Waals surface area (Å²) in [6, 6.07) is 5.24. The molecule has 2 N–H and O–H groups in total. The molecule has 1 aliphatic rings. The van der Waals surface area contributed by atoms with Crippen LogP contribution in [0.15, 0.2) is 12.1 Å². The Balaban J connectivity index is 2.09. The summed E-state index contributed by atoms with van der Waals surface area (Å²) in [5.74, 6) is 0.657. The van der Waals surface area contributed by atoms with E-state index in [4.69, 9.17) is 17.3 Å². The van der Waals surface area contributed by atoms with E-state index in [1.165, 1.54) is 17.7 Å². The number of nitrogens with zero attached hydrogens (tertiary/aromatic N) is 1. The first-order valence-corrected chi connectivity index (χ1v) is 7.52. The van der Waals surface area contributed by atoms with E-state index in [1.54, 1.807) is 11.3 Å². The van der Waals surface area contributed by atoms with Gasteiger partial charge >= 0.3 is 0 Å². The third-order valence-corrected chi connectivity index (χ3v) is 5.27. The first-order chi connectivity index (χ1) is 8.11. The molecule has 0 bridgehead atoms. The summed E-state index contributed by atoms with van der Waals surface area (Å²) in [5.41, 5.74) is 5.81. The fourth-order valence-corrected chi connectivity index (χ4v) is 3.79. The molecule has 2 rings (SSSR count). The van der Waals surface area contributed by atoms with Gasteiger partial charge in [0.2, 0.25) is 0 Å². The zero-order valence-electron chi connectivity index (χ0n) is 10.5. The van der Waals surface area contributed by atoms with E-state index in [9.17, 15) is 0 Å². The van der Waals surface area contributed by atoms with Gasteiger partial charge < -0.3 is 5.73 Å². The molecule has 1 saturated heterocycles. The molecule has 1 fully saturated rings. The van der Waals surface area contributed by atoms with Crippen molar-refractivity contribution in [2.24, 2.45) is 11.7 Å². The summed E-state index contributed by atoms with van der Waals surface area (Å²) in [7, 11) is 0. The number of rotatable bonds is 3. The Hall–Kier alpha value is -0.0900. The average Bonchev–Trinajstić information content (AvgIpc) is 2.76. The predicted octanol–water partition coefficient (Wildman–Crippen LogP) is 3.52. The average molecular weight is 273 g/mol. The van der Waals surface area contributed by atoms with Crippen molar-refractivity contribution in [1.29, 1.82) is 0 Å². The van der Waals surface area contributed by atoms with Crippen LogP contribution in [-0.2, 0) is 0 Å². The largest absolute Gasteiger partial charge is 0.330 e. The summed E-state index contributed by atoms with van der Waals surface area (Å²) >= 11 is 7.71. The van der Waals surface area contributed by atoms with Crippen LogP contribution in [0.1, 0.15) is 37.6 Å². The molecule has 96 valence electrons. The molecule has 0 radical (unpaired) electrons. The van der Waals surface area contributed by atoms with Gasteiger partial charge in [-0.3, -0.25) is 4.90 Å². The van der Waals surface area contributed by atoms with Crippen LogP contribution in [-0.4, -0.2) is 24.0 Å². The molecule has 17 heavy (non-hydrogen) atoms. The summed E-state index contributed by atoms with van der Waals surface area (Å²) in [6.45, 7) is 6.52. The highest BCUT2D eigenvalue weighted by molar-refractivity contribution is 7.16. The summed E-state index contributed by atoms with van der Waals surface area (Å²) < 4.78 is 0.881. The minimum atomic E-state index is 0.455. The monoisotopic (exact) mass is 272 g/mol. The molecule has 2 heterocycles. The molecule has 1 aromatic heterocycles. The van der Waals surface area contributed by atoms with Gasteiger partial charge in [0.15, 0.2) is 0 Å². The lowest BCUT2D eigenvalue weighted by Crippen LogP contribution is -2.44. The number of hydrogen-bond acceptors (Lipinski definition) is 3. The third kappa shape index (κ3) is 3.02. The molecular weight excluding hydrogens is 252 g/mol. The number of thiophene rings is 1. The molecule has 4 heteroatoms.